The summed E-state index contributed by atoms with van der Waals surface area (Å²) in [7, 11) is 0. The molecule has 0 bridgehead atoms. The zero-order chi connectivity index (χ0) is 28.3. The van der Waals surface area contributed by atoms with Gasteiger partial charge in [-0.3, -0.25) is 14.7 Å². The van der Waals surface area contributed by atoms with Crippen molar-refractivity contribution in [3.8, 4) is 0 Å². The minimum absolute atomic E-state index is 0.00728. The maximum Gasteiger partial charge on any atom is 0.252 e. The first-order valence-corrected chi connectivity index (χ1v) is 16.1. The Morgan fingerprint density at radius 3 is 2.71 bits per heavy atom. The highest BCUT2D eigenvalue weighted by Gasteiger charge is 2.25. The number of likely N-dealkylation sites (tertiary alicyclic amines) is 1. The fraction of sp³-hybridized carbons (Fsp3) is 0.382. The van der Waals surface area contributed by atoms with Gasteiger partial charge < -0.3 is 10.1 Å². The van der Waals surface area contributed by atoms with E-state index in [4.69, 9.17) is 9.84 Å². The minimum Gasteiger partial charge on any atom is -0.356 e. The lowest BCUT2D eigenvalue weighted by atomic mass is 10.1. The van der Waals surface area contributed by atoms with Gasteiger partial charge >= 0.3 is 0 Å². The summed E-state index contributed by atoms with van der Waals surface area (Å²) in [4.78, 5) is 22.0. The van der Waals surface area contributed by atoms with Crippen LogP contribution in [0, 0.1) is 0 Å². The maximum absolute atomic E-state index is 12.9. The van der Waals surface area contributed by atoms with E-state index in [9.17, 15) is 4.79 Å². The van der Waals surface area contributed by atoms with E-state index in [1.165, 1.54) is 31.5 Å². The molecule has 0 spiro atoms. The Morgan fingerprint density at radius 1 is 1.00 bits per heavy atom. The maximum atomic E-state index is 12.9. The summed E-state index contributed by atoms with van der Waals surface area (Å²) in [5.74, 6) is 0.00728. The van der Waals surface area contributed by atoms with Crippen LogP contribution in [0.4, 0.5) is 0 Å². The van der Waals surface area contributed by atoms with E-state index in [1.54, 1.807) is 11.8 Å². The highest BCUT2D eigenvalue weighted by molar-refractivity contribution is 7.99. The molecule has 3 fully saturated rings. The summed E-state index contributed by atoms with van der Waals surface area (Å²) in [5.41, 5.74) is 4.91. The number of carbonyl (C=O) groups is 1. The van der Waals surface area contributed by atoms with Crippen LogP contribution in [-0.2, 0) is 11.3 Å². The first-order chi connectivity index (χ1) is 20.7. The topological polar surface area (TPSA) is 72.3 Å². The number of nitrogens with one attached hydrogen (secondary N) is 1. The molecule has 1 aliphatic carbocycles. The van der Waals surface area contributed by atoms with E-state index in [0.717, 1.165) is 82.9 Å². The largest absolute Gasteiger partial charge is 0.356 e. The van der Waals surface area contributed by atoms with Gasteiger partial charge in [-0.05, 0) is 118 Å². The molecule has 0 radical (unpaired) electrons. The predicted octanol–water partition coefficient (Wildman–Crippen LogP) is 6.94. The van der Waals surface area contributed by atoms with Gasteiger partial charge in [0.2, 0.25) is 0 Å². The van der Waals surface area contributed by atoms with Crippen molar-refractivity contribution in [1.82, 2.24) is 25.0 Å². The van der Waals surface area contributed by atoms with Crippen molar-refractivity contribution in [2.75, 3.05) is 19.7 Å². The molecule has 1 saturated carbocycles. The van der Waals surface area contributed by atoms with E-state index in [2.05, 4.69) is 62.4 Å². The molecule has 1 amide bonds. The number of rotatable bonds is 9. The SMILES string of the molecule is O=C(NC1CC1)c1ccccc1Sc1ccc2c(/C=C/c3cc(CN4CCCC4)ccn3)nn(C3CCCCO3)c2c1. The summed E-state index contributed by atoms with van der Waals surface area (Å²) < 4.78 is 8.24. The van der Waals surface area contributed by atoms with E-state index in [1.807, 2.05) is 30.5 Å². The third kappa shape index (κ3) is 6.31. The van der Waals surface area contributed by atoms with Crippen LogP contribution in [0.5, 0.6) is 0 Å². The van der Waals surface area contributed by atoms with Crippen molar-refractivity contribution >= 4 is 40.7 Å². The number of amides is 1. The van der Waals surface area contributed by atoms with Crippen molar-refractivity contribution in [1.29, 1.82) is 0 Å². The summed E-state index contributed by atoms with van der Waals surface area (Å²) in [6, 6.07) is 18.9. The van der Waals surface area contributed by atoms with Crippen LogP contribution in [0.2, 0.25) is 0 Å². The summed E-state index contributed by atoms with van der Waals surface area (Å²) in [6.07, 6.45) is 13.9. The van der Waals surface area contributed by atoms with Crippen molar-refractivity contribution in [3.05, 3.63) is 83.3 Å². The average molecular weight is 580 g/mol. The van der Waals surface area contributed by atoms with Crippen LogP contribution >= 0.6 is 11.8 Å². The van der Waals surface area contributed by atoms with Gasteiger partial charge in [0.25, 0.3) is 5.91 Å². The smallest absolute Gasteiger partial charge is 0.252 e. The predicted molar refractivity (Wildman–Crippen MR) is 167 cm³/mol. The second-order valence-electron chi connectivity index (χ2n) is 11.6. The molecule has 1 atom stereocenters. The zero-order valence-electron chi connectivity index (χ0n) is 23.9. The van der Waals surface area contributed by atoms with Crippen molar-refractivity contribution in [3.63, 3.8) is 0 Å². The van der Waals surface area contributed by atoms with Crippen molar-refractivity contribution in [2.45, 2.75) is 73.6 Å². The number of nitrogens with zero attached hydrogens (tertiary/aromatic N) is 4. The molecule has 1 unspecified atom stereocenters. The lowest BCUT2D eigenvalue weighted by Gasteiger charge is -2.23. The normalized spacial score (nSPS) is 19.6. The first kappa shape index (κ1) is 27.4. The molecule has 8 heteroatoms. The number of hydrogen-bond acceptors (Lipinski definition) is 6. The van der Waals surface area contributed by atoms with Crippen LogP contribution in [0.3, 0.4) is 0 Å². The second kappa shape index (κ2) is 12.4. The molecule has 2 aromatic carbocycles. The van der Waals surface area contributed by atoms with Gasteiger partial charge in [0.05, 0.1) is 22.5 Å². The van der Waals surface area contributed by atoms with Gasteiger partial charge in [-0.2, -0.15) is 5.10 Å². The van der Waals surface area contributed by atoms with Crippen LogP contribution < -0.4 is 5.32 Å². The molecule has 216 valence electrons. The molecule has 3 aliphatic rings. The number of aromatic nitrogens is 3. The van der Waals surface area contributed by atoms with Gasteiger partial charge in [0.15, 0.2) is 6.23 Å². The van der Waals surface area contributed by atoms with Crippen LogP contribution in [0.1, 0.15) is 78.5 Å². The Kier molecular flexibility index (Phi) is 8.09. The van der Waals surface area contributed by atoms with Crippen molar-refractivity contribution < 1.29 is 9.53 Å². The van der Waals surface area contributed by atoms with Gasteiger partial charge in [0.1, 0.15) is 0 Å². The molecule has 7 nitrogen and oxygen atoms in total. The minimum atomic E-state index is -0.0813. The van der Waals surface area contributed by atoms with Crippen LogP contribution in [0.15, 0.2) is 70.6 Å². The molecule has 2 aromatic heterocycles. The summed E-state index contributed by atoms with van der Waals surface area (Å²) in [5, 5.41) is 9.28. The molecule has 4 heterocycles. The van der Waals surface area contributed by atoms with Crippen LogP contribution in [0.25, 0.3) is 23.1 Å². The standard InChI is InChI=1S/C34H37N5O2S/c40-34(36-25-10-11-25)29-7-1-2-8-32(29)42-27-13-14-28-30(37-39(31(28)22-27)33-9-3-6-20-41-33)15-12-26-21-24(16-17-35-26)23-38-18-4-5-19-38/h1-2,7-8,12-17,21-22,25,33H,3-6,9-11,18-20,23H2,(H,36,40)/b15-12+. The highest BCUT2D eigenvalue weighted by atomic mass is 32.2. The lowest BCUT2D eigenvalue weighted by molar-refractivity contribution is -0.0367. The van der Waals surface area contributed by atoms with Crippen LogP contribution in [-0.4, -0.2) is 51.3 Å². The molecule has 42 heavy (non-hydrogen) atoms. The van der Waals surface area contributed by atoms with E-state index in [-0.39, 0.29) is 12.1 Å². The fourth-order valence-corrected chi connectivity index (χ4v) is 6.85. The van der Waals surface area contributed by atoms with Gasteiger partial charge in [-0.15, -0.1) is 0 Å². The molecule has 4 aromatic rings. The number of fused-ring (bicyclic) bond motifs is 1. The first-order valence-electron chi connectivity index (χ1n) is 15.3. The molecular weight excluding hydrogens is 542 g/mol. The third-order valence-corrected chi connectivity index (χ3v) is 9.34. The Hall–Kier alpha value is -3.46. The lowest BCUT2D eigenvalue weighted by Crippen LogP contribution is -2.25. The Morgan fingerprint density at radius 2 is 1.88 bits per heavy atom. The van der Waals surface area contributed by atoms with Crippen molar-refractivity contribution in [2.24, 2.45) is 0 Å². The summed E-state index contributed by atoms with van der Waals surface area (Å²) >= 11 is 1.62. The van der Waals surface area contributed by atoms with Gasteiger partial charge in [-0.25, -0.2) is 4.68 Å². The average Bonchev–Trinajstić information content (AvgIpc) is 3.54. The molecule has 1 N–H and O–H groups in total. The molecule has 2 aliphatic heterocycles. The monoisotopic (exact) mass is 579 g/mol. The molecular formula is C34H37N5O2S. The quantitative estimate of drug-likeness (QED) is 0.232. The Bertz CT molecular complexity index is 1600. The van der Waals surface area contributed by atoms with Gasteiger partial charge in [-0.1, -0.05) is 23.9 Å². The molecule has 2 saturated heterocycles. The Labute approximate surface area is 251 Å². The fourth-order valence-electron chi connectivity index (χ4n) is 5.87. The Balaban J connectivity index is 1.18. The number of ether oxygens (including phenoxy) is 1. The van der Waals surface area contributed by atoms with Gasteiger partial charge in [0, 0.05) is 40.6 Å². The zero-order valence-corrected chi connectivity index (χ0v) is 24.7. The number of hydrogen-bond donors (Lipinski definition) is 1. The second-order valence-corrected chi connectivity index (χ2v) is 12.7. The highest BCUT2D eigenvalue weighted by Crippen LogP contribution is 2.36. The van der Waals surface area contributed by atoms with E-state index >= 15 is 0 Å². The number of carbonyl (C=O) groups excluding carboxylic acids is 1. The molecule has 7 rings (SSSR count). The number of benzene rings is 2. The summed E-state index contributed by atoms with van der Waals surface area (Å²) in [6.45, 7) is 4.09. The third-order valence-electron chi connectivity index (χ3n) is 8.27. The van der Waals surface area contributed by atoms with E-state index in [0.29, 0.717) is 6.04 Å². The van der Waals surface area contributed by atoms with E-state index < -0.39 is 0 Å². The number of pyridine rings is 1.